The van der Waals surface area contributed by atoms with Gasteiger partial charge in [-0.3, -0.25) is 0 Å². The molecule has 106 heavy (non-hydrogen) atoms. The van der Waals surface area contributed by atoms with E-state index in [4.69, 9.17) is 23.2 Å². The highest BCUT2D eigenvalue weighted by atomic mass is 16.3. The molecule has 0 spiro atoms. The number of hydrogen-bond donors (Lipinski definition) is 0. The van der Waals surface area contributed by atoms with Crippen LogP contribution in [0.25, 0.3) is 226 Å². The van der Waals surface area contributed by atoms with E-state index < -0.39 is 0 Å². The Balaban J connectivity index is 0.645. The van der Waals surface area contributed by atoms with Crippen LogP contribution >= 0.6 is 0 Å². The molecule has 0 radical (unpaired) electrons. The van der Waals surface area contributed by atoms with Gasteiger partial charge in [0, 0.05) is 98.4 Å². The lowest BCUT2D eigenvalue weighted by molar-refractivity contribution is 0.668. The highest BCUT2D eigenvalue weighted by Gasteiger charge is 2.22. The van der Waals surface area contributed by atoms with E-state index in [1.807, 2.05) is 36.4 Å². The van der Waals surface area contributed by atoms with Crippen molar-refractivity contribution in [3.05, 3.63) is 346 Å². The van der Waals surface area contributed by atoms with E-state index in [2.05, 4.69) is 323 Å². The van der Waals surface area contributed by atoms with Gasteiger partial charge >= 0.3 is 0 Å². The molecule has 7 aromatic heterocycles. The summed E-state index contributed by atoms with van der Waals surface area (Å²) in [6, 6.07) is 124. The second kappa shape index (κ2) is 22.6. The highest BCUT2D eigenvalue weighted by molar-refractivity contribution is 6.15. The fourth-order valence-electron chi connectivity index (χ4n) is 17.0. The number of rotatable bonds is 9. The summed E-state index contributed by atoms with van der Waals surface area (Å²) < 4.78 is 26.3. The minimum Gasteiger partial charge on any atom is -0.456 e. The van der Waals surface area contributed by atoms with Gasteiger partial charge in [0.2, 0.25) is 0 Å². The standard InChI is InChI=1S/C98H57N5O3/c1-7-25-86-72(19-1)81-51-60(63-34-41-78-75-22-4-10-28-92(75)104-95(78)54-63)37-44-89(81)101(86)69-17-13-15-66(49-69)84-57-85(67-16-14-18-70(50-67)102-87-26-8-2-20-73(87)82-52-61(38-45-90(82)102)64-35-42-79-76-23-5-11-29-93(76)105-96(79)55-64)100-98(99-84)68-32-31-59-48-71(40-33-58(59)47-68)103-88-27-9-3-21-74(88)83-53-62(39-46-91(83)103)65-36-43-80-77-24-6-12-30-94(77)106-97(80)56-65/h1-57H. The van der Waals surface area contributed by atoms with E-state index in [1.165, 1.54) is 32.3 Å². The van der Waals surface area contributed by atoms with Gasteiger partial charge in [-0.05, 0) is 202 Å². The topological polar surface area (TPSA) is 80.0 Å². The third-order valence-corrected chi connectivity index (χ3v) is 22.0. The minimum absolute atomic E-state index is 0.627. The molecule has 492 valence electrons. The van der Waals surface area contributed by atoms with Crippen LogP contribution < -0.4 is 0 Å². The summed E-state index contributed by atoms with van der Waals surface area (Å²) in [5, 5.41) is 16.0. The SMILES string of the molecule is c1cc(-c2cc(-c3cccc(-n4c5ccccc5c5cc(-c6ccc7c(c6)oc6ccccc67)ccc54)c3)nc(-c3ccc4cc(-n5c6ccccc6c6cc(-c7ccc8c(c7)oc7ccccc78)ccc65)ccc4c3)n2)cc(-n2c3ccccc3c3cc(-c4ccc5c(c4)oc4ccccc45)ccc32)c1. The van der Waals surface area contributed by atoms with Crippen molar-refractivity contribution in [3.8, 4) is 84.3 Å². The zero-order chi connectivity index (χ0) is 69.2. The second-order valence-electron chi connectivity index (χ2n) is 28.0. The molecule has 0 fully saturated rings. The molecule has 0 amide bonds. The zero-order valence-electron chi connectivity index (χ0n) is 56.9. The van der Waals surface area contributed by atoms with Crippen molar-refractivity contribution in [1.82, 2.24) is 23.7 Å². The van der Waals surface area contributed by atoms with Gasteiger partial charge in [0.25, 0.3) is 0 Å². The smallest absolute Gasteiger partial charge is 0.160 e. The van der Waals surface area contributed by atoms with Crippen molar-refractivity contribution in [2.24, 2.45) is 0 Å². The first kappa shape index (κ1) is 58.3. The van der Waals surface area contributed by atoms with Crippen LogP contribution in [-0.2, 0) is 0 Å². The van der Waals surface area contributed by atoms with E-state index in [1.54, 1.807) is 0 Å². The van der Waals surface area contributed by atoms with Gasteiger partial charge in [-0.1, -0.05) is 188 Å². The van der Waals surface area contributed by atoms with Crippen LogP contribution in [0, 0.1) is 0 Å². The molecule has 23 rings (SSSR count). The molecule has 0 saturated carbocycles. The van der Waals surface area contributed by atoms with Crippen molar-refractivity contribution in [1.29, 1.82) is 0 Å². The number of nitrogens with zero attached hydrogens (tertiary/aromatic N) is 5. The summed E-state index contributed by atoms with van der Waals surface area (Å²) in [5.41, 5.74) is 26.4. The molecule has 0 aliphatic carbocycles. The number of aromatic nitrogens is 5. The molecule has 8 heteroatoms. The molecule has 0 N–H and O–H groups in total. The Morgan fingerprint density at radius 3 is 0.925 bits per heavy atom. The average molecular weight is 1350 g/mol. The molecular formula is C98H57N5O3. The Morgan fingerprint density at radius 2 is 0.500 bits per heavy atom. The van der Waals surface area contributed by atoms with Gasteiger partial charge in [-0.15, -0.1) is 0 Å². The van der Waals surface area contributed by atoms with E-state index >= 15 is 0 Å². The largest absolute Gasteiger partial charge is 0.456 e. The van der Waals surface area contributed by atoms with E-state index in [0.29, 0.717) is 5.82 Å². The van der Waals surface area contributed by atoms with E-state index in [9.17, 15) is 0 Å². The van der Waals surface area contributed by atoms with E-state index in [-0.39, 0.29) is 0 Å². The molecule has 0 bridgehead atoms. The van der Waals surface area contributed by atoms with Gasteiger partial charge in [0.05, 0.1) is 44.5 Å². The van der Waals surface area contributed by atoms with Crippen LogP contribution in [0.2, 0.25) is 0 Å². The van der Waals surface area contributed by atoms with Gasteiger partial charge in [-0.25, -0.2) is 9.97 Å². The van der Waals surface area contributed by atoms with Gasteiger partial charge < -0.3 is 27.0 Å². The predicted octanol–water partition coefficient (Wildman–Crippen LogP) is 26.6. The van der Waals surface area contributed by atoms with Crippen LogP contribution in [-0.4, -0.2) is 23.7 Å². The summed E-state index contributed by atoms with van der Waals surface area (Å²) >= 11 is 0. The summed E-state index contributed by atoms with van der Waals surface area (Å²) in [6.45, 7) is 0. The average Bonchev–Trinajstić information content (AvgIpc) is 1.57. The predicted molar refractivity (Wildman–Crippen MR) is 437 cm³/mol. The second-order valence-corrected chi connectivity index (χ2v) is 28.0. The first-order valence-electron chi connectivity index (χ1n) is 36.0. The number of furan rings is 3. The summed E-state index contributed by atoms with van der Waals surface area (Å²) in [7, 11) is 0. The maximum absolute atomic E-state index is 6.38. The Labute approximate surface area is 605 Å². The maximum atomic E-state index is 6.38. The number of fused-ring (bicyclic) bond motifs is 19. The molecule has 0 atom stereocenters. The van der Waals surface area contributed by atoms with Crippen molar-refractivity contribution in [3.63, 3.8) is 0 Å². The van der Waals surface area contributed by atoms with Crippen molar-refractivity contribution < 1.29 is 13.3 Å². The fraction of sp³-hybridized carbons (Fsp3) is 0. The minimum atomic E-state index is 0.627. The van der Waals surface area contributed by atoms with Crippen molar-refractivity contribution in [2.75, 3.05) is 0 Å². The van der Waals surface area contributed by atoms with Gasteiger partial charge in [0.1, 0.15) is 33.5 Å². The molecule has 0 aliphatic rings. The lowest BCUT2D eigenvalue weighted by Crippen LogP contribution is -1.99. The van der Waals surface area contributed by atoms with Crippen LogP contribution in [0.3, 0.4) is 0 Å². The maximum Gasteiger partial charge on any atom is 0.160 e. The Bertz CT molecular complexity index is 7390. The zero-order valence-corrected chi connectivity index (χ0v) is 56.9. The normalized spacial score (nSPS) is 12.2. The van der Waals surface area contributed by atoms with Gasteiger partial charge in [-0.2, -0.15) is 0 Å². The Kier molecular flexibility index (Phi) is 12.4. The highest BCUT2D eigenvalue weighted by Crippen LogP contribution is 2.44. The van der Waals surface area contributed by atoms with Crippen LogP contribution in [0.4, 0.5) is 0 Å². The number of benzene rings is 16. The third-order valence-electron chi connectivity index (χ3n) is 22.0. The quantitative estimate of drug-likeness (QED) is 0.144. The first-order chi connectivity index (χ1) is 52.5. The molecule has 7 heterocycles. The van der Waals surface area contributed by atoms with Gasteiger partial charge in [0.15, 0.2) is 5.82 Å². The third kappa shape index (κ3) is 9.01. The lowest BCUT2D eigenvalue weighted by atomic mass is 10.0. The summed E-state index contributed by atoms with van der Waals surface area (Å²) in [5.74, 6) is 0.627. The number of para-hydroxylation sites is 6. The molecule has 16 aromatic carbocycles. The Morgan fingerprint density at radius 1 is 0.179 bits per heavy atom. The lowest BCUT2D eigenvalue weighted by Gasteiger charge is -2.14. The number of hydrogen-bond acceptors (Lipinski definition) is 5. The van der Waals surface area contributed by atoms with E-state index in [0.717, 1.165) is 188 Å². The molecule has 8 nitrogen and oxygen atoms in total. The summed E-state index contributed by atoms with van der Waals surface area (Å²) in [6.07, 6.45) is 0. The first-order valence-corrected chi connectivity index (χ1v) is 36.0. The van der Waals surface area contributed by atoms with Crippen molar-refractivity contribution >= 4 is 142 Å². The molecule has 0 saturated heterocycles. The van der Waals surface area contributed by atoms with Crippen molar-refractivity contribution in [2.45, 2.75) is 0 Å². The molecule has 23 aromatic rings. The monoisotopic (exact) mass is 1350 g/mol. The van der Waals surface area contributed by atoms with Crippen LogP contribution in [0.15, 0.2) is 359 Å². The van der Waals surface area contributed by atoms with Crippen LogP contribution in [0.5, 0.6) is 0 Å². The van der Waals surface area contributed by atoms with Crippen LogP contribution in [0.1, 0.15) is 0 Å². The molecular weight excluding hydrogens is 1300 g/mol. The molecule has 0 aliphatic heterocycles. The fourth-order valence-corrected chi connectivity index (χ4v) is 17.0. The summed E-state index contributed by atoms with van der Waals surface area (Å²) in [4.78, 5) is 11.2. The Hall–Kier alpha value is -14.3. The molecule has 0 unspecified atom stereocenters.